The van der Waals surface area contributed by atoms with Crippen molar-refractivity contribution < 1.29 is 14.3 Å². The van der Waals surface area contributed by atoms with E-state index in [9.17, 15) is 9.59 Å². The normalized spacial score (nSPS) is 13.0. The van der Waals surface area contributed by atoms with E-state index >= 15 is 0 Å². The molecule has 0 aliphatic carbocycles. The first kappa shape index (κ1) is 18.1. The number of carbonyl (C=O) groups is 2. The minimum absolute atomic E-state index is 0.113. The van der Waals surface area contributed by atoms with Crippen LogP contribution in [0.2, 0.25) is 5.02 Å². The number of halogens is 1. The largest absolute Gasteiger partial charge is 0.482 e. The Morgan fingerprint density at radius 1 is 1.21 bits per heavy atom. The lowest BCUT2D eigenvalue weighted by atomic mass is 10.1. The van der Waals surface area contributed by atoms with Gasteiger partial charge in [-0.05, 0) is 35.9 Å². The van der Waals surface area contributed by atoms with Crippen LogP contribution in [0, 0.1) is 0 Å². The molecule has 1 aliphatic rings. The second-order valence-corrected chi connectivity index (χ2v) is 6.73. The third kappa shape index (κ3) is 3.84. The van der Waals surface area contributed by atoms with Crippen LogP contribution in [0.25, 0.3) is 0 Å². The van der Waals surface area contributed by atoms with Crippen molar-refractivity contribution >= 4 is 34.8 Å². The summed E-state index contributed by atoms with van der Waals surface area (Å²) in [6, 6.07) is 14.3. The maximum absolute atomic E-state index is 12.7. The van der Waals surface area contributed by atoms with Crippen molar-refractivity contribution in [2.75, 3.05) is 23.4 Å². The van der Waals surface area contributed by atoms with Gasteiger partial charge >= 0.3 is 0 Å². The molecule has 0 radical (unpaired) electrons. The van der Waals surface area contributed by atoms with Crippen LogP contribution in [0.4, 0.5) is 11.4 Å². The lowest BCUT2D eigenvalue weighted by molar-refractivity contribution is -0.123. The summed E-state index contributed by atoms with van der Waals surface area (Å²) < 4.78 is 7.18. The molecule has 2 amide bonds. The summed E-state index contributed by atoms with van der Waals surface area (Å²) in [6.07, 6.45) is 3.56. The third-order valence-electron chi connectivity index (χ3n) is 4.35. The summed E-state index contributed by atoms with van der Waals surface area (Å²) in [4.78, 5) is 26.4. The summed E-state index contributed by atoms with van der Waals surface area (Å²) in [6.45, 7) is 0.280. The number of nitrogens with one attached hydrogen (secondary N) is 1. The van der Waals surface area contributed by atoms with Crippen LogP contribution in [0.5, 0.6) is 5.75 Å². The number of hydrogen-bond acceptors (Lipinski definition) is 4. The van der Waals surface area contributed by atoms with E-state index in [4.69, 9.17) is 16.3 Å². The molecule has 2 aromatic carbocycles. The van der Waals surface area contributed by atoms with Crippen LogP contribution in [-0.4, -0.2) is 34.7 Å². The molecule has 0 atom stereocenters. The fraction of sp³-hybridized carbons (Fsp3) is 0.150. The number of para-hydroxylation sites is 1. The number of anilines is 2. The molecule has 0 unspecified atom stereocenters. The molecule has 0 bridgehead atoms. The van der Waals surface area contributed by atoms with Gasteiger partial charge in [-0.1, -0.05) is 29.8 Å². The number of fused-ring (bicyclic) bond motifs is 1. The van der Waals surface area contributed by atoms with Gasteiger partial charge in [-0.25, -0.2) is 0 Å². The van der Waals surface area contributed by atoms with E-state index in [1.54, 1.807) is 29.1 Å². The predicted octanol–water partition coefficient (Wildman–Crippen LogP) is 2.95. The second kappa shape index (κ2) is 7.74. The Hall–Kier alpha value is -3.32. The molecule has 1 aliphatic heterocycles. The Morgan fingerprint density at radius 2 is 2.07 bits per heavy atom. The molecule has 0 spiro atoms. The Labute approximate surface area is 166 Å². The first-order valence-electron chi connectivity index (χ1n) is 8.68. The molecule has 3 aromatic rings. The van der Waals surface area contributed by atoms with Crippen molar-refractivity contribution in [1.82, 2.24) is 9.78 Å². The van der Waals surface area contributed by atoms with Crippen LogP contribution in [0.3, 0.4) is 0 Å². The van der Waals surface area contributed by atoms with E-state index in [1.807, 2.05) is 36.5 Å². The highest BCUT2D eigenvalue weighted by atomic mass is 35.5. The third-order valence-corrected chi connectivity index (χ3v) is 4.58. The van der Waals surface area contributed by atoms with Crippen LogP contribution in [0.1, 0.15) is 5.56 Å². The number of hydrogen-bond donors (Lipinski definition) is 1. The zero-order valence-corrected chi connectivity index (χ0v) is 15.6. The SMILES string of the molecule is O=C(CN1C(=O)COc2ccc(Cl)cc21)Nc1ccccc1Cn1cccn1. The minimum atomic E-state index is -0.311. The van der Waals surface area contributed by atoms with E-state index in [0.29, 0.717) is 28.7 Å². The highest BCUT2D eigenvalue weighted by molar-refractivity contribution is 6.31. The highest BCUT2D eigenvalue weighted by Gasteiger charge is 2.27. The first-order chi connectivity index (χ1) is 13.6. The number of amides is 2. The minimum Gasteiger partial charge on any atom is -0.482 e. The van der Waals surface area contributed by atoms with Gasteiger partial charge in [0.2, 0.25) is 5.91 Å². The van der Waals surface area contributed by atoms with Crippen molar-refractivity contribution in [3.63, 3.8) is 0 Å². The van der Waals surface area contributed by atoms with Crippen LogP contribution in [0.15, 0.2) is 60.9 Å². The predicted molar refractivity (Wildman–Crippen MR) is 106 cm³/mol. The van der Waals surface area contributed by atoms with Gasteiger partial charge < -0.3 is 10.1 Å². The van der Waals surface area contributed by atoms with Gasteiger partial charge in [0.15, 0.2) is 6.61 Å². The van der Waals surface area contributed by atoms with Crippen molar-refractivity contribution in [2.24, 2.45) is 0 Å². The number of aromatic nitrogens is 2. The van der Waals surface area contributed by atoms with Gasteiger partial charge in [0.25, 0.3) is 5.91 Å². The van der Waals surface area contributed by atoms with Gasteiger partial charge in [0, 0.05) is 23.1 Å². The average Bonchev–Trinajstić information content (AvgIpc) is 3.19. The van der Waals surface area contributed by atoms with Crippen LogP contribution < -0.4 is 15.0 Å². The molecule has 1 N–H and O–H groups in total. The number of carbonyl (C=O) groups excluding carboxylic acids is 2. The van der Waals surface area contributed by atoms with Crippen molar-refractivity contribution in [1.29, 1.82) is 0 Å². The molecule has 7 nitrogen and oxygen atoms in total. The maximum Gasteiger partial charge on any atom is 0.265 e. The molecular weight excluding hydrogens is 380 g/mol. The number of nitrogens with zero attached hydrogens (tertiary/aromatic N) is 3. The molecular formula is C20H17ClN4O3. The molecule has 0 saturated carbocycles. The zero-order chi connectivity index (χ0) is 19.5. The van der Waals surface area contributed by atoms with E-state index < -0.39 is 0 Å². The summed E-state index contributed by atoms with van der Waals surface area (Å²) in [5, 5.41) is 7.55. The lowest BCUT2D eigenvalue weighted by Crippen LogP contribution is -2.43. The molecule has 4 rings (SSSR count). The van der Waals surface area contributed by atoms with Crippen molar-refractivity contribution in [2.45, 2.75) is 6.54 Å². The molecule has 28 heavy (non-hydrogen) atoms. The van der Waals surface area contributed by atoms with Gasteiger partial charge in [-0.2, -0.15) is 5.10 Å². The van der Waals surface area contributed by atoms with E-state index in [1.165, 1.54) is 4.90 Å². The van der Waals surface area contributed by atoms with E-state index in [-0.39, 0.29) is 25.0 Å². The standard InChI is InChI=1S/C20H17ClN4O3/c21-15-6-7-18-17(10-15)25(20(27)13-28-18)12-19(26)23-16-5-2-1-4-14(16)11-24-9-3-8-22-24/h1-10H,11-13H2,(H,23,26). The second-order valence-electron chi connectivity index (χ2n) is 6.29. The molecule has 1 aromatic heterocycles. The van der Waals surface area contributed by atoms with Gasteiger partial charge in [0.05, 0.1) is 12.2 Å². The van der Waals surface area contributed by atoms with E-state index in [2.05, 4.69) is 10.4 Å². The quantitative estimate of drug-likeness (QED) is 0.719. The van der Waals surface area contributed by atoms with Crippen LogP contribution >= 0.6 is 11.6 Å². The summed E-state index contributed by atoms with van der Waals surface area (Å²) >= 11 is 6.04. The Kier molecular flexibility index (Phi) is 4.99. The smallest absolute Gasteiger partial charge is 0.265 e. The molecule has 142 valence electrons. The average molecular weight is 397 g/mol. The van der Waals surface area contributed by atoms with Gasteiger partial charge in [-0.3, -0.25) is 19.2 Å². The topological polar surface area (TPSA) is 76.5 Å². The molecule has 0 fully saturated rings. The molecule has 0 saturated heterocycles. The number of ether oxygens (including phenoxy) is 1. The highest BCUT2D eigenvalue weighted by Crippen LogP contribution is 2.34. The van der Waals surface area contributed by atoms with Gasteiger partial charge in [0.1, 0.15) is 12.3 Å². The Balaban J connectivity index is 1.51. The Morgan fingerprint density at radius 3 is 2.89 bits per heavy atom. The molecule has 8 heteroatoms. The zero-order valence-electron chi connectivity index (χ0n) is 14.8. The summed E-state index contributed by atoms with van der Waals surface area (Å²) in [5.74, 6) is -0.0836. The van der Waals surface area contributed by atoms with E-state index in [0.717, 1.165) is 5.56 Å². The first-order valence-corrected chi connectivity index (χ1v) is 9.06. The Bertz CT molecular complexity index is 1020. The summed E-state index contributed by atoms with van der Waals surface area (Å²) in [7, 11) is 0. The number of rotatable bonds is 5. The monoisotopic (exact) mass is 396 g/mol. The fourth-order valence-electron chi connectivity index (χ4n) is 3.03. The summed E-state index contributed by atoms with van der Waals surface area (Å²) in [5.41, 5.74) is 2.08. The molecule has 2 heterocycles. The lowest BCUT2D eigenvalue weighted by Gasteiger charge is -2.29. The van der Waals surface area contributed by atoms with Crippen molar-refractivity contribution in [3.8, 4) is 5.75 Å². The maximum atomic E-state index is 12.7. The fourth-order valence-corrected chi connectivity index (χ4v) is 3.20. The van der Waals surface area contributed by atoms with Crippen LogP contribution in [-0.2, 0) is 16.1 Å². The number of benzene rings is 2. The van der Waals surface area contributed by atoms with Crippen molar-refractivity contribution in [3.05, 3.63) is 71.5 Å². The van der Waals surface area contributed by atoms with Gasteiger partial charge in [-0.15, -0.1) is 0 Å².